The number of hydrogen-bond donors (Lipinski definition) is 1. The average Bonchev–Trinajstić information content (AvgIpc) is 2.49. The molecule has 21 heavy (non-hydrogen) atoms. The van der Waals surface area contributed by atoms with Crippen LogP contribution in [-0.2, 0) is 0 Å². The summed E-state index contributed by atoms with van der Waals surface area (Å²) in [5.74, 6) is -1.75. The van der Waals surface area contributed by atoms with Crippen LogP contribution in [0.5, 0.6) is 0 Å². The maximum Gasteiger partial charge on any atom is 0.259 e. The lowest BCUT2D eigenvalue weighted by Gasteiger charge is -2.07. The van der Waals surface area contributed by atoms with Crippen LogP contribution < -0.4 is 5.56 Å². The van der Waals surface area contributed by atoms with E-state index in [0.29, 0.717) is 5.82 Å². The second-order valence-corrected chi connectivity index (χ2v) is 5.25. The van der Waals surface area contributed by atoms with Crippen LogP contribution in [0.2, 0.25) is 0 Å². The Hall–Kier alpha value is -2.21. The third-order valence-electron chi connectivity index (χ3n) is 3.11. The van der Waals surface area contributed by atoms with Gasteiger partial charge >= 0.3 is 0 Å². The van der Waals surface area contributed by atoms with Crippen LogP contribution in [0.25, 0.3) is 22.3 Å². The van der Waals surface area contributed by atoms with Gasteiger partial charge in [0.2, 0.25) is 0 Å². The molecule has 106 valence electrons. The fourth-order valence-electron chi connectivity index (χ4n) is 2.10. The first-order chi connectivity index (χ1) is 10.1. The van der Waals surface area contributed by atoms with Crippen molar-refractivity contribution in [2.24, 2.45) is 0 Å². The van der Waals surface area contributed by atoms with Crippen LogP contribution in [-0.4, -0.2) is 16.2 Å². The maximum absolute atomic E-state index is 13.3. The van der Waals surface area contributed by atoms with Crippen LogP contribution in [0.15, 0.2) is 46.1 Å². The zero-order valence-corrected chi connectivity index (χ0v) is 11.8. The first-order valence-corrected chi connectivity index (χ1v) is 7.35. The molecule has 1 aromatic heterocycles. The lowest BCUT2D eigenvalue weighted by molar-refractivity contribution is 0.510. The van der Waals surface area contributed by atoms with E-state index in [4.69, 9.17) is 0 Å². The molecule has 0 atom stereocenters. The van der Waals surface area contributed by atoms with E-state index < -0.39 is 17.2 Å². The number of nitrogens with zero attached hydrogens (tertiary/aromatic N) is 1. The fraction of sp³-hybridized carbons (Fsp3) is 0.0667. The van der Waals surface area contributed by atoms with Crippen molar-refractivity contribution in [3.8, 4) is 11.4 Å². The smallest absolute Gasteiger partial charge is 0.259 e. The molecule has 0 amide bonds. The van der Waals surface area contributed by atoms with Crippen molar-refractivity contribution in [3.05, 3.63) is 58.4 Å². The first kappa shape index (κ1) is 13.8. The predicted octanol–water partition coefficient (Wildman–Crippen LogP) is 3.59. The van der Waals surface area contributed by atoms with Gasteiger partial charge < -0.3 is 4.98 Å². The minimum Gasteiger partial charge on any atom is -0.306 e. The molecule has 0 unspecified atom stereocenters. The van der Waals surface area contributed by atoms with Gasteiger partial charge in [-0.3, -0.25) is 4.79 Å². The number of hydrogen-bond acceptors (Lipinski definition) is 3. The van der Waals surface area contributed by atoms with Gasteiger partial charge in [0.1, 0.15) is 5.82 Å². The molecule has 3 rings (SSSR count). The summed E-state index contributed by atoms with van der Waals surface area (Å²) in [6, 6.07) is 9.21. The van der Waals surface area contributed by atoms with Crippen molar-refractivity contribution < 1.29 is 8.78 Å². The van der Waals surface area contributed by atoms with Gasteiger partial charge in [0.15, 0.2) is 11.6 Å². The van der Waals surface area contributed by atoms with E-state index in [0.717, 1.165) is 22.6 Å². The number of rotatable bonds is 2. The van der Waals surface area contributed by atoms with Gasteiger partial charge in [0.05, 0.1) is 10.9 Å². The summed E-state index contributed by atoms with van der Waals surface area (Å²) in [5, 5.41) is 0.0271. The summed E-state index contributed by atoms with van der Waals surface area (Å²) >= 11 is 1.51. The van der Waals surface area contributed by atoms with Gasteiger partial charge in [-0.2, -0.15) is 0 Å². The summed E-state index contributed by atoms with van der Waals surface area (Å²) in [6.07, 6.45) is 1.91. The second kappa shape index (κ2) is 5.29. The molecule has 0 spiro atoms. The Morgan fingerprint density at radius 3 is 2.62 bits per heavy atom. The van der Waals surface area contributed by atoms with E-state index >= 15 is 0 Å². The van der Waals surface area contributed by atoms with Crippen LogP contribution in [0.3, 0.4) is 0 Å². The Morgan fingerprint density at radius 2 is 1.86 bits per heavy atom. The number of nitrogens with one attached hydrogen (secondary N) is 1. The van der Waals surface area contributed by atoms with Crippen molar-refractivity contribution in [1.29, 1.82) is 0 Å². The predicted molar refractivity (Wildman–Crippen MR) is 79.5 cm³/mol. The number of benzene rings is 2. The quantitative estimate of drug-likeness (QED) is 0.736. The number of thioether (sulfide) groups is 1. The summed E-state index contributed by atoms with van der Waals surface area (Å²) in [4.78, 5) is 19.8. The SMILES string of the molecule is CSc1ccccc1-c1nc2cc(F)c(F)cc2c(=O)[nH]1. The minimum atomic E-state index is -1.06. The normalized spacial score (nSPS) is 11.0. The van der Waals surface area contributed by atoms with Crippen LogP contribution in [0.4, 0.5) is 8.78 Å². The Morgan fingerprint density at radius 1 is 1.14 bits per heavy atom. The van der Waals surface area contributed by atoms with Gasteiger partial charge in [0.25, 0.3) is 5.56 Å². The highest BCUT2D eigenvalue weighted by molar-refractivity contribution is 7.98. The third kappa shape index (κ3) is 2.42. The highest BCUT2D eigenvalue weighted by atomic mass is 32.2. The standard InChI is InChI=1S/C15H10F2N2OS/c1-21-13-5-3-2-4-8(13)14-18-12-7-11(17)10(16)6-9(12)15(20)19-14/h2-7H,1H3,(H,18,19,20). The van der Waals surface area contributed by atoms with E-state index in [9.17, 15) is 13.6 Å². The van der Waals surface area contributed by atoms with Crippen molar-refractivity contribution in [2.75, 3.05) is 6.26 Å². The molecule has 1 heterocycles. The monoisotopic (exact) mass is 304 g/mol. The Kier molecular flexibility index (Phi) is 3.47. The summed E-state index contributed by atoms with van der Waals surface area (Å²) in [5.41, 5.74) is 0.377. The zero-order chi connectivity index (χ0) is 15.0. The molecule has 2 aromatic carbocycles. The van der Waals surface area contributed by atoms with E-state index in [1.165, 1.54) is 11.8 Å². The fourth-order valence-corrected chi connectivity index (χ4v) is 2.70. The Balaban J connectivity index is 2.30. The summed E-state index contributed by atoms with van der Waals surface area (Å²) < 4.78 is 26.5. The van der Waals surface area contributed by atoms with E-state index in [1.807, 2.05) is 30.5 Å². The molecule has 0 fully saturated rings. The van der Waals surface area contributed by atoms with Gasteiger partial charge in [-0.1, -0.05) is 18.2 Å². The molecule has 3 aromatic rings. The second-order valence-electron chi connectivity index (χ2n) is 4.40. The lowest BCUT2D eigenvalue weighted by Crippen LogP contribution is -2.10. The van der Waals surface area contributed by atoms with Crippen LogP contribution >= 0.6 is 11.8 Å². The van der Waals surface area contributed by atoms with Crippen LogP contribution in [0, 0.1) is 11.6 Å². The lowest BCUT2D eigenvalue weighted by atomic mass is 10.2. The first-order valence-electron chi connectivity index (χ1n) is 6.12. The molecule has 0 aliphatic rings. The van der Waals surface area contributed by atoms with Crippen molar-refractivity contribution in [3.63, 3.8) is 0 Å². The van der Waals surface area contributed by atoms with Crippen molar-refractivity contribution in [2.45, 2.75) is 4.90 Å². The van der Waals surface area contributed by atoms with E-state index in [-0.39, 0.29) is 10.9 Å². The highest BCUT2D eigenvalue weighted by Crippen LogP contribution is 2.27. The largest absolute Gasteiger partial charge is 0.306 e. The molecule has 0 saturated heterocycles. The molecule has 1 N–H and O–H groups in total. The topological polar surface area (TPSA) is 45.8 Å². The zero-order valence-electron chi connectivity index (χ0n) is 11.0. The summed E-state index contributed by atoms with van der Waals surface area (Å²) in [6.45, 7) is 0. The molecule has 0 radical (unpaired) electrons. The van der Waals surface area contributed by atoms with Crippen molar-refractivity contribution in [1.82, 2.24) is 9.97 Å². The van der Waals surface area contributed by atoms with Gasteiger partial charge in [-0.05, 0) is 18.4 Å². The Labute approximate surface area is 123 Å². The molecular weight excluding hydrogens is 294 g/mol. The molecule has 0 aliphatic heterocycles. The van der Waals surface area contributed by atoms with E-state index in [1.54, 1.807) is 0 Å². The van der Waals surface area contributed by atoms with Gasteiger partial charge in [-0.15, -0.1) is 11.8 Å². The number of fused-ring (bicyclic) bond motifs is 1. The maximum atomic E-state index is 13.3. The van der Waals surface area contributed by atoms with Gasteiger partial charge in [0, 0.05) is 16.5 Å². The third-order valence-corrected chi connectivity index (χ3v) is 3.91. The van der Waals surface area contributed by atoms with E-state index in [2.05, 4.69) is 9.97 Å². The number of halogens is 2. The number of aromatic nitrogens is 2. The van der Waals surface area contributed by atoms with Gasteiger partial charge in [-0.25, -0.2) is 13.8 Å². The average molecular weight is 304 g/mol. The highest BCUT2D eigenvalue weighted by Gasteiger charge is 2.12. The molecule has 0 bridgehead atoms. The molecule has 6 heteroatoms. The summed E-state index contributed by atoms with van der Waals surface area (Å²) in [7, 11) is 0. The van der Waals surface area contributed by atoms with Crippen molar-refractivity contribution >= 4 is 22.7 Å². The Bertz CT molecular complexity index is 892. The van der Waals surface area contributed by atoms with Crippen LogP contribution in [0.1, 0.15) is 0 Å². The number of aromatic amines is 1. The molecular formula is C15H10F2N2OS. The molecule has 0 aliphatic carbocycles. The number of H-pyrrole nitrogens is 1. The molecule has 0 saturated carbocycles. The molecule has 3 nitrogen and oxygen atoms in total. The minimum absolute atomic E-state index is 0.0271.